The maximum atomic E-state index is 12.7. The fraction of sp³-hybridized carbons (Fsp3) is 0.333. The first kappa shape index (κ1) is 17.5. The standard InChI is InChI=1S/C21H23N5OS/c1-16-14-18-21(27)25(12-13-26(18)15-16)11-8-23-6-9-24(10-7-23)20-17-4-2-3-5-19(17)28-22-20/h2-5,12-15H,6-11H2,1H3. The van der Waals surface area contributed by atoms with E-state index in [4.69, 9.17) is 0 Å². The van der Waals surface area contributed by atoms with E-state index in [1.165, 1.54) is 10.1 Å². The van der Waals surface area contributed by atoms with Crippen LogP contribution in [-0.4, -0.2) is 51.0 Å². The molecule has 0 saturated carbocycles. The highest BCUT2D eigenvalue weighted by atomic mass is 32.1. The van der Waals surface area contributed by atoms with Gasteiger partial charge in [-0.3, -0.25) is 9.69 Å². The quantitative estimate of drug-likeness (QED) is 0.535. The summed E-state index contributed by atoms with van der Waals surface area (Å²) < 4.78 is 9.66. The predicted octanol–water partition coefficient (Wildman–Crippen LogP) is 2.84. The van der Waals surface area contributed by atoms with Crippen molar-refractivity contribution in [2.75, 3.05) is 37.6 Å². The van der Waals surface area contributed by atoms with Crippen LogP contribution in [0.3, 0.4) is 0 Å². The largest absolute Gasteiger partial charge is 0.353 e. The van der Waals surface area contributed by atoms with Crippen LogP contribution in [-0.2, 0) is 6.54 Å². The van der Waals surface area contributed by atoms with E-state index in [1.54, 1.807) is 11.5 Å². The molecule has 0 atom stereocenters. The van der Waals surface area contributed by atoms with Gasteiger partial charge in [-0.2, -0.15) is 4.37 Å². The number of benzene rings is 1. The third-order valence-electron chi connectivity index (χ3n) is 5.56. The summed E-state index contributed by atoms with van der Waals surface area (Å²) in [5.74, 6) is 1.12. The van der Waals surface area contributed by atoms with Crippen molar-refractivity contribution in [3.8, 4) is 0 Å². The number of fused-ring (bicyclic) bond motifs is 2. The van der Waals surface area contributed by atoms with E-state index in [2.05, 4.69) is 38.4 Å². The van der Waals surface area contributed by atoms with Crippen LogP contribution >= 0.6 is 11.5 Å². The maximum Gasteiger partial charge on any atom is 0.274 e. The molecule has 0 aliphatic carbocycles. The molecule has 1 aliphatic heterocycles. The summed E-state index contributed by atoms with van der Waals surface area (Å²) in [6.07, 6.45) is 5.85. The van der Waals surface area contributed by atoms with Crippen molar-refractivity contribution in [1.29, 1.82) is 0 Å². The Balaban J connectivity index is 1.23. The number of piperazine rings is 1. The molecular formula is C21H23N5OS. The van der Waals surface area contributed by atoms with Crippen molar-refractivity contribution in [2.45, 2.75) is 13.5 Å². The SMILES string of the molecule is Cc1cc2c(=O)n(CCN3CCN(c4nsc5ccccc45)CC3)ccn2c1. The summed E-state index contributed by atoms with van der Waals surface area (Å²) in [7, 11) is 0. The number of rotatable bonds is 4. The molecule has 1 saturated heterocycles. The molecule has 3 aromatic heterocycles. The zero-order valence-corrected chi connectivity index (χ0v) is 16.7. The Morgan fingerprint density at radius 3 is 2.75 bits per heavy atom. The van der Waals surface area contributed by atoms with E-state index in [0.717, 1.165) is 56.2 Å². The van der Waals surface area contributed by atoms with Crippen molar-refractivity contribution >= 4 is 33.0 Å². The lowest BCUT2D eigenvalue weighted by molar-refractivity contribution is 0.247. The van der Waals surface area contributed by atoms with Crippen LogP contribution in [0.25, 0.3) is 15.6 Å². The van der Waals surface area contributed by atoms with E-state index in [9.17, 15) is 4.79 Å². The summed E-state index contributed by atoms with van der Waals surface area (Å²) in [5.41, 5.74) is 1.95. The Kier molecular flexibility index (Phi) is 4.41. The molecule has 6 nitrogen and oxygen atoms in total. The van der Waals surface area contributed by atoms with E-state index < -0.39 is 0 Å². The van der Waals surface area contributed by atoms with Gasteiger partial charge in [0.1, 0.15) is 11.3 Å². The van der Waals surface area contributed by atoms with E-state index >= 15 is 0 Å². The molecule has 4 heterocycles. The van der Waals surface area contributed by atoms with Crippen LogP contribution in [0.1, 0.15) is 5.56 Å². The number of hydrogen-bond acceptors (Lipinski definition) is 5. The number of aryl methyl sites for hydroxylation is 1. The van der Waals surface area contributed by atoms with Gasteiger partial charge in [0.15, 0.2) is 0 Å². The average molecular weight is 394 g/mol. The molecule has 0 bridgehead atoms. The molecule has 1 aromatic carbocycles. The molecule has 0 unspecified atom stereocenters. The Morgan fingerprint density at radius 2 is 1.89 bits per heavy atom. The summed E-state index contributed by atoms with van der Waals surface area (Å²) in [6, 6.07) is 10.4. The predicted molar refractivity (Wildman–Crippen MR) is 115 cm³/mol. The van der Waals surface area contributed by atoms with E-state index in [-0.39, 0.29) is 5.56 Å². The summed E-state index contributed by atoms with van der Waals surface area (Å²) in [6.45, 7) is 7.56. The minimum absolute atomic E-state index is 0.0863. The molecule has 1 aliphatic rings. The highest BCUT2D eigenvalue weighted by Crippen LogP contribution is 2.29. The molecule has 5 rings (SSSR count). The van der Waals surface area contributed by atoms with Gasteiger partial charge in [0.05, 0.1) is 4.70 Å². The van der Waals surface area contributed by atoms with Crippen LogP contribution in [0, 0.1) is 6.92 Å². The van der Waals surface area contributed by atoms with Crippen LogP contribution in [0.5, 0.6) is 0 Å². The molecular weight excluding hydrogens is 370 g/mol. The van der Waals surface area contributed by atoms with Gasteiger partial charge in [0.2, 0.25) is 0 Å². The van der Waals surface area contributed by atoms with Gasteiger partial charge in [0.25, 0.3) is 5.56 Å². The number of aromatic nitrogens is 3. The van der Waals surface area contributed by atoms with Gasteiger partial charge >= 0.3 is 0 Å². The Hall–Kier alpha value is -2.64. The van der Waals surface area contributed by atoms with Crippen LogP contribution in [0.15, 0.2) is 53.7 Å². The van der Waals surface area contributed by atoms with Gasteiger partial charge < -0.3 is 13.9 Å². The average Bonchev–Trinajstić information content (AvgIpc) is 3.31. The highest BCUT2D eigenvalue weighted by molar-refractivity contribution is 7.13. The zero-order chi connectivity index (χ0) is 19.1. The molecule has 0 amide bonds. The Bertz CT molecular complexity index is 1180. The summed E-state index contributed by atoms with van der Waals surface area (Å²) in [4.78, 5) is 17.5. The molecule has 144 valence electrons. The molecule has 4 aromatic rings. The third kappa shape index (κ3) is 3.10. The lowest BCUT2D eigenvalue weighted by Gasteiger charge is -2.35. The van der Waals surface area contributed by atoms with Crippen molar-refractivity contribution in [3.05, 3.63) is 64.8 Å². The van der Waals surface area contributed by atoms with Crippen molar-refractivity contribution < 1.29 is 0 Å². The zero-order valence-electron chi connectivity index (χ0n) is 15.9. The molecule has 0 spiro atoms. The molecule has 7 heteroatoms. The maximum absolute atomic E-state index is 12.7. The van der Waals surface area contributed by atoms with Gasteiger partial charge in [0, 0.05) is 63.2 Å². The van der Waals surface area contributed by atoms with Crippen molar-refractivity contribution in [3.63, 3.8) is 0 Å². The van der Waals surface area contributed by atoms with Crippen molar-refractivity contribution in [2.24, 2.45) is 0 Å². The van der Waals surface area contributed by atoms with E-state index in [1.807, 2.05) is 40.5 Å². The summed E-state index contributed by atoms with van der Waals surface area (Å²) in [5, 5.41) is 1.25. The minimum atomic E-state index is 0.0863. The van der Waals surface area contributed by atoms with Crippen LogP contribution in [0.4, 0.5) is 5.82 Å². The smallest absolute Gasteiger partial charge is 0.274 e. The van der Waals surface area contributed by atoms with Gasteiger partial charge in [-0.15, -0.1) is 0 Å². The summed E-state index contributed by atoms with van der Waals surface area (Å²) >= 11 is 1.57. The minimum Gasteiger partial charge on any atom is -0.353 e. The van der Waals surface area contributed by atoms with Gasteiger partial charge in [-0.05, 0) is 42.2 Å². The molecule has 1 fully saturated rings. The fourth-order valence-corrected chi connectivity index (χ4v) is 4.78. The second-order valence-electron chi connectivity index (χ2n) is 7.44. The topological polar surface area (TPSA) is 45.8 Å². The Morgan fingerprint density at radius 1 is 1.07 bits per heavy atom. The van der Waals surface area contributed by atoms with Gasteiger partial charge in [-0.1, -0.05) is 12.1 Å². The Labute approximate surface area is 167 Å². The lowest BCUT2D eigenvalue weighted by Crippen LogP contribution is -2.47. The lowest BCUT2D eigenvalue weighted by atomic mass is 10.2. The molecule has 0 radical (unpaired) electrons. The fourth-order valence-electron chi connectivity index (χ4n) is 3.99. The van der Waals surface area contributed by atoms with Crippen LogP contribution in [0.2, 0.25) is 0 Å². The first-order chi connectivity index (χ1) is 13.7. The third-order valence-corrected chi connectivity index (χ3v) is 6.38. The second-order valence-corrected chi connectivity index (χ2v) is 8.24. The first-order valence-electron chi connectivity index (χ1n) is 9.68. The van der Waals surface area contributed by atoms with Crippen molar-refractivity contribution in [1.82, 2.24) is 18.2 Å². The molecule has 0 N–H and O–H groups in total. The normalized spacial score (nSPS) is 15.7. The van der Waals surface area contributed by atoms with Gasteiger partial charge in [-0.25, -0.2) is 0 Å². The van der Waals surface area contributed by atoms with E-state index in [0.29, 0.717) is 0 Å². The number of anilines is 1. The highest BCUT2D eigenvalue weighted by Gasteiger charge is 2.20. The molecule has 28 heavy (non-hydrogen) atoms. The monoisotopic (exact) mass is 393 g/mol. The second kappa shape index (κ2) is 7.07. The number of hydrogen-bond donors (Lipinski definition) is 0. The number of nitrogens with zero attached hydrogens (tertiary/aromatic N) is 5. The first-order valence-corrected chi connectivity index (χ1v) is 10.5. The van der Waals surface area contributed by atoms with Crippen LogP contribution < -0.4 is 10.5 Å².